The van der Waals surface area contributed by atoms with E-state index in [1.54, 1.807) is 24.7 Å². The highest BCUT2D eigenvalue weighted by Crippen LogP contribution is 2.20. The highest BCUT2D eigenvalue weighted by molar-refractivity contribution is 5.53. The van der Waals surface area contributed by atoms with Gasteiger partial charge in [-0.15, -0.1) is 5.10 Å². The predicted molar refractivity (Wildman–Crippen MR) is 106 cm³/mol. The molecule has 1 saturated heterocycles. The molecule has 5 rings (SSSR count). The predicted octanol–water partition coefficient (Wildman–Crippen LogP) is 1.98. The van der Waals surface area contributed by atoms with Gasteiger partial charge in [0.15, 0.2) is 5.76 Å². The molecule has 10 heteroatoms. The van der Waals surface area contributed by atoms with Gasteiger partial charge in [0, 0.05) is 38.3 Å². The first-order valence-electron chi connectivity index (χ1n) is 9.62. The third-order valence-corrected chi connectivity index (χ3v) is 5.19. The summed E-state index contributed by atoms with van der Waals surface area (Å²) in [4.78, 5) is 18.1. The fraction of sp³-hybridized carbons (Fsp3) is 0.368. The summed E-state index contributed by atoms with van der Waals surface area (Å²) < 4.78 is 12.2. The van der Waals surface area contributed by atoms with Gasteiger partial charge in [0.25, 0.3) is 5.78 Å². The van der Waals surface area contributed by atoms with E-state index in [4.69, 9.17) is 14.6 Å². The molecule has 4 aromatic heterocycles. The van der Waals surface area contributed by atoms with Crippen LogP contribution in [0, 0.1) is 6.92 Å². The second-order valence-electron chi connectivity index (χ2n) is 7.13. The Morgan fingerprint density at radius 2 is 1.97 bits per heavy atom. The lowest BCUT2D eigenvalue weighted by atomic mass is 10.2. The van der Waals surface area contributed by atoms with Crippen molar-refractivity contribution in [3.63, 3.8) is 0 Å². The average molecular weight is 394 g/mol. The van der Waals surface area contributed by atoms with E-state index in [2.05, 4.69) is 29.9 Å². The zero-order chi connectivity index (χ0) is 19.8. The minimum atomic E-state index is 0.255. The molecule has 1 aliphatic heterocycles. The molecule has 0 aromatic carbocycles. The highest BCUT2D eigenvalue weighted by Gasteiger charge is 2.21. The quantitative estimate of drug-likeness (QED) is 0.555. The summed E-state index contributed by atoms with van der Waals surface area (Å²) in [6.07, 6.45) is 4.33. The Labute approximate surface area is 167 Å². The highest BCUT2D eigenvalue weighted by atomic mass is 16.3. The van der Waals surface area contributed by atoms with Crippen molar-refractivity contribution in [3.05, 3.63) is 42.0 Å². The third-order valence-electron chi connectivity index (χ3n) is 5.19. The number of furan rings is 2. The smallest absolute Gasteiger partial charge is 0.259 e. The molecule has 0 atom stereocenters. The molecule has 1 fully saturated rings. The van der Waals surface area contributed by atoms with Gasteiger partial charge in [-0.2, -0.15) is 19.5 Å². The van der Waals surface area contributed by atoms with E-state index in [-0.39, 0.29) is 5.95 Å². The summed E-state index contributed by atoms with van der Waals surface area (Å²) in [6.45, 7) is 6.47. The van der Waals surface area contributed by atoms with Gasteiger partial charge in [-0.1, -0.05) is 0 Å². The molecule has 10 nitrogen and oxygen atoms in total. The van der Waals surface area contributed by atoms with E-state index in [0.717, 1.165) is 44.9 Å². The number of fused-ring (bicyclic) bond motifs is 1. The van der Waals surface area contributed by atoms with Crippen molar-refractivity contribution in [1.82, 2.24) is 29.5 Å². The molecule has 29 heavy (non-hydrogen) atoms. The van der Waals surface area contributed by atoms with Crippen molar-refractivity contribution in [2.24, 2.45) is 0 Å². The summed E-state index contributed by atoms with van der Waals surface area (Å²) in [5, 5.41) is 4.35. The Bertz CT molecular complexity index is 1120. The molecule has 0 bridgehead atoms. The molecule has 0 aliphatic carbocycles. The van der Waals surface area contributed by atoms with E-state index in [1.807, 2.05) is 13.0 Å². The molecular weight excluding hydrogens is 372 g/mol. The van der Waals surface area contributed by atoms with Crippen molar-refractivity contribution in [2.45, 2.75) is 19.9 Å². The summed E-state index contributed by atoms with van der Waals surface area (Å²) >= 11 is 0. The van der Waals surface area contributed by atoms with Gasteiger partial charge in [0.1, 0.15) is 5.76 Å². The lowest BCUT2D eigenvalue weighted by Crippen LogP contribution is -2.32. The van der Waals surface area contributed by atoms with Crippen LogP contribution in [0.15, 0.2) is 39.6 Å². The number of nitrogens with zero attached hydrogens (tertiary/aromatic N) is 7. The molecule has 5 heterocycles. The molecule has 0 saturated carbocycles. The van der Waals surface area contributed by atoms with E-state index in [9.17, 15) is 0 Å². The van der Waals surface area contributed by atoms with Crippen LogP contribution in [0.4, 0.5) is 11.9 Å². The molecule has 0 amide bonds. The zero-order valence-electron chi connectivity index (χ0n) is 16.2. The molecule has 4 aromatic rings. The molecule has 0 unspecified atom stereocenters. The monoisotopic (exact) mass is 394 g/mol. The minimum absolute atomic E-state index is 0.255. The molecule has 2 N–H and O–H groups in total. The summed E-state index contributed by atoms with van der Waals surface area (Å²) in [7, 11) is 0. The van der Waals surface area contributed by atoms with Gasteiger partial charge in [-0.05, 0) is 31.5 Å². The number of nitrogens with two attached hydrogens (primary N) is 1. The normalized spacial score (nSPS) is 15.8. The number of rotatable bonds is 4. The van der Waals surface area contributed by atoms with Gasteiger partial charge in [0.2, 0.25) is 17.7 Å². The number of nitrogen functional groups attached to an aromatic ring is 1. The van der Waals surface area contributed by atoms with Crippen LogP contribution in [0.25, 0.3) is 17.4 Å². The lowest BCUT2D eigenvalue weighted by Gasteiger charge is -2.21. The molecule has 0 spiro atoms. The van der Waals surface area contributed by atoms with Crippen LogP contribution in [0.2, 0.25) is 0 Å². The van der Waals surface area contributed by atoms with Crippen molar-refractivity contribution in [1.29, 1.82) is 0 Å². The topological polar surface area (TPSA) is 115 Å². The number of hydrogen-bond acceptors (Lipinski definition) is 9. The van der Waals surface area contributed by atoms with Crippen LogP contribution in [0.5, 0.6) is 0 Å². The Kier molecular flexibility index (Phi) is 4.39. The second kappa shape index (κ2) is 7.21. The first-order valence-corrected chi connectivity index (χ1v) is 9.62. The molecule has 1 aliphatic rings. The SMILES string of the molecule is Cc1occc1CN1CCCN(c2nc(N)n3nc(-c4ccco4)nc3n2)CC1. The standard InChI is InChI=1S/C19H22N8O2/c1-13-14(5-11-28-13)12-25-6-3-7-26(9-8-25)18-22-17(20)27-19(23-18)21-16(24-27)15-4-2-10-29-15/h2,4-5,10-11H,3,6-9,12H2,1H3,(H2,20,21,22,23,24). The molecular formula is C19H22N8O2. The van der Waals surface area contributed by atoms with Gasteiger partial charge < -0.3 is 19.5 Å². The average Bonchev–Trinajstić information content (AvgIpc) is 3.42. The van der Waals surface area contributed by atoms with E-state index in [0.29, 0.717) is 23.3 Å². The fourth-order valence-electron chi connectivity index (χ4n) is 3.59. The lowest BCUT2D eigenvalue weighted by molar-refractivity contribution is 0.283. The largest absolute Gasteiger partial charge is 0.469 e. The van der Waals surface area contributed by atoms with Crippen LogP contribution in [-0.4, -0.2) is 55.6 Å². The second-order valence-corrected chi connectivity index (χ2v) is 7.13. The van der Waals surface area contributed by atoms with Gasteiger partial charge in [-0.3, -0.25) is 4.90 Å². The van der Waals surface area contributed by atoms with E-state index >= 15 is 0 Å². The maximum Gasteiger partial charge on any atom is 0.259 e. The fourth-order valence-corrected chi connectivity index (χ4v) is 3.59. The Balaban J connectivity index is 1.35. The third kappa shape index (κ3) is 3.42. The Morgan fingerprint density at radius 1 is 1.03 bits per heavy atom. The van der Waals surface area contributed by atoms with Gasteiger partial charge in [-0.25, -0.2) is 0 Å². The van der Waals surface area contributed by atoms with Crippen LogP contribution in [-0.2, 0) is 6.54 Å². The van der Waals surface area contributed by atoms with Crippen molar-refractivity contribution in [2.75, 3.05) is 36.8 Å². The van der Waals surface area contributed by atoms with E-state index < -0.39 is 0 Å². The minimum Gasteiger partial charge on any atom is -0.469 e. The summed E-state index contributed by atoms with van der Waals surface area (Å²) in [5.74, 6) is 3.23. The first-order chi connectivity index (χ1) is 14.2. The summed E-state index contributed by atoms with van der Waals surface area (Å²) in [5.41, 5.74) is 7.37. The maximum atomic E-state index is 6.14. The van der Waals surface area contributed by atoms with Crippen molar-refractivity contribution < 1.29 is 8.83 Å². The number of anilines is 2. The van der Waals surface area contributed by atoms with Crippen LogP contribution in [0.3, 0.4) is 0 Å². The maximum absolute atomic E-state index is 6.14. The number of hydrogen-bond donors (Lipinski definition) is 1. The Morgan fingerprint density at radius 3 is 2.76 bits per heavy atom. The molecule has 0 radical (unpaired) electrons. The van der Waals surface area contributed by atoms with Crippen molar-refractivity contribution in [3.8, 4) is 11.6 Å². The number of aromatic nitrogens is 5. The van der Waals surface area contributed by atoms with Gasteiger partial charge >= 0.3 is 0 Å². The van der Waals surface area contributed by atoms with Gasteiger partial charge in [0.05, 0.1) is 12.5 Å². The van der Waals surface area contributed by atoms with Crippen LogP contribution < -0.4 is 10.6 Å². The number of aryl methyl sites for hydroxylation is 1. The van der Waals surface area contributed by atoms with Crippen LogP contribution in [0.1, 0.15) is 17.7 Å². The first kappa shape index (κ1) is 17.7. The molecule has 150 valence electrons. The zero-order valence-corrected chi connectivity index (χ0v) is 16.2. The van der Waals surface area contributed by atoms with E-state index in [1.165, 1.54) is 10.1 Å². The Hall–Kier alpha value is -3.40. The van der Waals surface area contributed by atoms with Crippen molar-refractivity contribution >= 4 is 17.7 Å². The summed E-state index contributed by atoms with van der Waals surface area (Å²) in [6, 6.07) is 5.62. The van der Waals surface area contributed by atoms with Crippen LogP contribution >= 0.6 is 0 Å².